The van der Waals surface area contributed by atoms with Crippen LogP contribution in [-0.2, 0) is 5.54 Å². The summed E-state index contributed by atoms with van der Waals surface area (Å²) in [5.41, 5.74) is 8.46. The lowest BCUT2D eigenvalue weighted by Gasteiger charge is -2.48. The Morgan fingerprint density at radius 2 is 2.06 bits per heavy atom. The second-order valence-corrected chi connectivity index (χ2v) is 7.55. The van der Waals surface area contributed by atoms with Gasteiger partial charge in [-0.05, 0) is 48.1 Å². The van der Waals surface area contributed by atoms with Gasteiger partial charge < -0.3 is 5.73 Å². The highest BCUT2D eigenvalue weighted by atomic mass is 32.1. The molecule has 1 nitrogen and oxygen atoms in total. The smallest absolute Gasteiger partial charge is 0.0539 e. The summed E-state index contributed by atoms with van der Waals surface area (Å²) in [4.78, 5) is 1.43. The molecule has 17 heavy (non-hydrogen) atoms. The Morgan fingerprint density at radius 1 is 1.35 bits per heavy atom. The molecule has 96 valence electrons. The number of aryl methyl sites for hydroxylation is 1. The Balaban J connectivity index is 2.42. The van der Waals surface area contributed by atoms with Gasteiger partial charge in [-0.1, -0.05) is 33.6 Å². The van der Waals surface area contributed by atoms with E-state index in [0.717, 1.165) is 6.42 Å². The molecule has 1 aromatic heterocycles. The van der Waals surface area contributed by atoms with Gasteiger partial charge in [-0.25, -0.2) is 0 Å². The molecular weight excluding hydrogens is 226 g/mol. The highest BCUT2D eigenvalue weighted by Gasteiger charge is 2.45. The maximum absolute atomic E-state index is 6.87. The number of hydrogen-bond acceptors (Lipinski definition) is 2. The molecule has 0 saturated heterocycles. The highest BCUT2D eigenvalue weighted by molar-refractivity contribution is 7.10. The minimum Gasteiger partial charge on any atom is -0.320 e. The molecular formula is C15H25NS. The van der Waals surface area contributed by atoms with Crippen LogP contribution in [0.3, 0.4) is 0 Å². The third-order valence-electron chi connectivity index (χ3n) is 4.29. The van der Waals surface area contributed by atoms with Crippen LogP contribution >= 0.6 is 11.3 Å². The van der Waals surface area contributed by atoms with Gasteiger partial charge in [0.25, 0.3) is 0 Å². The van der Waals surface area contributed by atoms with Gasteiger partial charge >= 0.3 is 0 Å². The van der Waals surface area contributed by atoms with Crippen molar-refractivity contribution in [3.63, 3.8) is 0 Å². The van der Waals surface area contributed by atoms with Crippen molar-refractivity contribution < 1.29 is 0 Å². The summed E-state index contributed by atoms with van der Waals surface area (Å²) >= 11 is 1.85. The molecule has 0 aliphatic heterocycles. The molecule has 2 rings (SSSR count). The quantitative estimate of drug-likeness (QED) is 0.784. The summed E-state index contributed by atoms with van der Waals surface area (Å²) in [5.74, 6) is 0.598. The van der Waals surface area contributed by atoms with Crippen LogP contribution in [0.5, 0.6) is 0 Å². The van der Waals surface area contributed by atoms with E-state index in [2.05, 4.69) is 39.1 Å². The second kappa shape index (κ2) is 4.40. The first kappa shape index (κ1) is 13.1. The van der Waals surface area contributed by atoms with Crippen molar-refractivity contribution in [2.45, 2.75) is 58.9 Å². The lowest BCUT2D eigenvalue weighted by molar-refractivity contribution is 0.0799. The van der Waals surface area contributed by atoms with Gasteiger partial charge in [0.15, 0.2) is 0 Å². The van der Waals surface area contributed by atoms with Crippen molar-refractivity contribution in [3.8, 4) is 0 Å². The fraction of sp³-hybridized carbons (Fsp3) is 0.733. The van der Waals surface area contributed by atoms with Gasteiger partial charge in [0.05, 0.1) is 5.54 Å². The fourth-order valence-electron chi connectivity index (χ4n) is 3.52. The molecule has 1 fully saturated rings. The van der Waals surface area contributed by atoms with Gasteiger partial charge in [0.1, 0.15) is 0 Å². The Bertz CT molecular complexity index is 388. The van der Waals surface area contributed by atoms with Crippen LogP contribution in [0, 0.1) is 18.3 Å². The third kappa shape index (κ3) is 2.30. The van der Waals surface area contributed by atoms with Gasteiger partial charge in [0.2, 0.25) is 0 Å². The minimum absolute atomic E-state index is 0.0885. The van der Waals surface area contributed by atoms with E-state index >= 15 is 0 Å². The first-order valence-corrected chi connectivity index (χ1v) is 7.57. The highest BCUT2D eigenvalue weighted by Crippen LogP contribution is 2.50. The minimum atomic E-state index is -0.0885. The molecule has 0 radical (unpaired) electrons. The molecule has 2 atom stereocenters. The predicted molar refractivity (Wildman–Crippen MR) is 76.3 cm³/mol. The Morgan fingerprint density at radius 3 is 2.59 bits per heavy atom. The first-order valence-electron chi connectivity index (χ1n) is 6.69. The third-order valence-corrected chi connectivity index (χ3v) is 5.50. The van der Waals surface area contributed by atoms with E-state index in [1.807, 2.05) is 11.3 Å². The van der Waals surface area contributed by atoms with Crippen molar-refractivity contribution in [2.24, 2.45) is 17.1 Å². The van der Waals surface area contributed by atoms with Crippen LogP contribution in [-0.4, -0.2) is 0 Å². The molecule has 1 heterocycles. The molecule has 0 bridgehead atoms. The van der Waals surface area contributed by atoms with Gasteiger partial charge in [-0.2, -0.15) is 0 Å². The average Bonchev–Trinajstić information content (AvgIpc) is 2.64. The molecule has 1 saturated carbocycles. The normalized spacial score (nSPS) is 30.5. The SMILES string of the molecule is Cc1ccsc1C1(N)CCCCC1C(C)(C)C. The fourth-order valence-corrected chi connectivity index (χ4v) is 4.65. The van der Waals surface area contributed by atoms with E-state index in [-0.39, 0.29) is 5.54 Å². The van der Waals surface area contributed by atoms with Crippen molar-refractivity contribution in [2.75, 3.05) is 0 Å². The van der Waals surface area contributed by atoms with E-state index in [0.29, 0.717) is 11.3 Å². The van der Waals surface area contributed by atoms with Crippen LogP contribution in [0.2, 0.25) is 0 Å². The van der Waals surface area contributed by atoms with Gasteiger partial charge in [-0.15, -0.1) is 11.3 Å². The summed E-state index contributed by atoms with van der Waals surface area (Å²) in [6, 6.07) is 2.21. The number of nitrogens with two attached hydrogens (primary N) is 1. The van der Waals surface area contributed by atoms with Crippen molar-refractivity contribution >= 4 is 11.3 Å². The summed E-state index contributed by atoms with van der Waals surface area (Å²) in [6.45, 7) is 9.23. The summed E-state index contributed by atoms with van der Waals surface area (Å²) < 4.78 is 0. The molecule has 2 heteroatoms. The van der Waals surface area contributed by atoms with E-state index < -0.39 is 0 Å². The predicted octanol–water partition coefficient (Wildman–Crippen LogP) is 4.45. The first-order chi connectivity index (χ1) is 7.86. The summed E-state index contributed by atoms with van der Waals surface area (Å²) in [6.07, 6.45) is 5.04. The molecule has 1 aromatic rings. The standard InChI is InChI=1S/C15H25NS/c1-11-8-10-17-13(11)15(16)9-6-5-7-12(15)14(2,3)4/h8,10,12H,5-7,9,16H2,1-4H3. The lowest BCUT2D eigenvalue weighted by atomic mass is 9.61. The van der Waals surface area contributed by atoms with Gasteiger partial charge in [0, 0.05) is 4.88 Å². The number of hydrogen-bond donors (Lipinski definition) is 1. The average molecular weight is 251 g/mol. The second-order valence-electron chi connectivity index (χ2n) is 6.64. The van der Waals surface area contributed by atoms with Crippen LogP contribution < -0.4 is 5.73 Å². The van der Waals surface area contributed by atoms with Crippen molar-refractivity contribution in [3.05, 3.63) is 21.9 Å². The van der Waals surface area contributed by atoms with E-state index in [9.17, 15) is 0 Å². The zero-order chi connectivity index (χ0) is 12.7. The van der Waals surface area contributed by atoms with Crippen LogP contribution in [0.4, 0.5) is 0 Å². The Labute approximate surface area is 109 Å². The van der Waals surface area contributed by atoms with E-state index in [4.69, 9.17) is 5.73 Å². The molecule has 2 N–H and O–H groups in total. The topological polar surface area (TPSA) is 26.0 Å². The number of thiophene rings is 1. The van der Waals surface area contributed by atoms with E-state index in [1.54, 1.807) is 0 Å². The van der Waals surface area contributed by atoms with Crippen LogP contribution in [0.25, 0.3) is 0 Å². The summed E-state index contributed by atoms with van der Waals surface area (Å²) in [5, 5.41) is 2.19. The molecule has 2 unspecified atom stereocenters. The Kier molecular flexibility index (Phi) is 3.39. The van der Waals surface area contributed by atoms with Crippen molar-refractivity contribution in [1.29, 1.82) is 0 Å². The molecule has 0 aromatic carbocycles. The Hall–Kier alpha value is -0.340. The summed E-state index contributed by atoms with van der Waals surface area (Å²) in [7, 11) is 0. The lowest BCUT2D eigenvalue weighted by Crippen LogP contribution is -2.51. The van der Waals surface area contributed by atoms with Gasteiger partial charge in [-0.3, -0.25) is 0 Å². The monoisotopic (exact) mass is 251 g/mol. The number of rotatable bonds is 1. The van der Waals surface area contributed by atoms with E-state index in [1.165, 1.54) is 29.7 Å². The largest absolute Gasteiger partial charge is 0.320 e. The zero-order valence-corrected chi connectivity index (χ0v) is 12.4. The van der Waals surface area contributed by atoms with Crippen LogP contribution in [0.15, 0.2) is 11.4 Å². The molecule has 1 aliphatic rings. The molecule has 0 spiro atoms. The zero-order valence-electron chi connectivity index (χ0n) is 11.5. The van der Waals surface area contributed by atoms with Crippen molar-refractivity contribution in [1.82, 2.24) is 0 Å². The molecule has 0 amide bonds. The molecule has 1 aliphatic carbocycles. The maximum atomic E-state index is 6.87. The maximum Gasteiger partial charge on any atom is 0.0539 e. The van der Waals surface area contributed by atoms with Crippen LogP contribution in [0.1, 0.15) is 56.9 Å².